The van der Waals surface area contributed by atoms with Crippen molar-refractivity contribution < 1.29 is 4.79 Å². The van der Waals surface area contributed by atoms with Gasteiger partial charge < -0.3 is 5.32 Å². The molecule has 0 unspecified atom stereocenters. The third kappa shape index (κ3) is 3.79. The van der Waals surface area contributed by atoms with Crippen LogP contribution in [0.2, 0.25) is 0 Å². The Morgan fingerprint density at radius 2 is 2.00 bits per heavy atom. The largest absolute Gasteiger partial charge is 0.355 e. The van der Waals surface area contributed by atoms with Crippen LogP contribution in [0.1, 0.15) is 11.1 Å². The summed E-state index contributed by atoms with van der Waals surface area (Å²) in [5.41, 5.74) is 2.23. The number of carbonyl (C=O) groups is 1. The van der Waals surface area contributed by atoms with Gasteiger partial charge in [0.2, 0.25) is 5.91 Å². The Morgan fingerprint density at radius 3 is 2.57 bits per heavy atom. The lowest BCUT2D eigenvalue weighted by molar-refractivity contribution is -0.120. The molecular weight excluding hydrogens is 198 g/mol. The first-order valence-corrected chi connectivity index (χ1v) is 5.14. The van der Waals surface area contributed by atoms with E-state index in [1.54, 1.807) is 0 Å². The monoisotopic (exact) mass is 211 g/mol. The maximum Gasteiger partial charge on any atom is 0.224 e. The fourth-order valence-electron chi connectivity index (χ4n) is 1.14. The lowest BCUT2D eigenvalue weighted by Gasteiger charge is -2.03. The Morgan fingerprint density at radius 1 is 1.36 bits per heavy atom. The zero-order valence-corrected chi connectivity index (χ0v) is 8.97. The molecule has 0 saturated carbocycles. The first kappa shape index (κ1) is 11.1. The van der Waals surface area contributed by atoms with E-state index in [1.165, 1.54) is 5.56 Å². The third-order valence-corrected chi connectivity index (χ3v) is 2.09. The van der Waals surface area contributed by atoms with Gasteiger partial charge in [-0.25, -0.2) is 0 Å². The molecule has 0 aliphatic rings. The molecule has 0 aliphatic heterocycles. The van der Waals surface area contributed by atoms with E-state index < -0.39 is 0 Å². The summed E-state index contributed by atoms with van der Waals surface area (Å²) in [6.45, 7) is 2.56. The van der Waals surface area contributed by atoms with Gasteiger partial charge in [-0.3, -0.25) is 4.79 Å². The second-order valence-electron chi connectivity index (χ2n) is 3.20. The SMILES string of the molecule is Cc1ccc(CC(=O)NCCCl)cc1. The van der Waals surface area contributed by atoms with E-state index in [1.807, 2.05) is 31.2 Å². The summed E-state index contributed by atoms with van der Waals surface area (Å²) >= 11 is 5.45. The first-order chi connectivity index (χ1) is 6.72. The normalized spacial score (nSPS) is 9.86. The quantitative estimate of drug-likeness (QED) is 0.758. The number of aryl methyl sites for hydroxylation is 1. The molecule has 0 spiro atoms. The van der Waals surface area contributed by atoms with Crippen molar-refractivity contribution in [2.24, 2.45) is 0 Å². The molecule has 14 heavy (non-hydrogen) atoms. The molecule has 0 atom stereocenters. The van der Waals surface area contributed by atoms with Gasteiger partial charge in [-0.1, -0.05) is 29.8 Å². The fourth-order valence-corrected chi connectivity index (χ4v) is 1.23. The summed E-state index contributed by atoms with van der Waals surface area (Å²) in [7, 11) is 0. The molecule has 1 aromatic carbocycles. The lowest BCUT2D eigenvalue weighted by Crippen LogP contribution is -2.26. The molecule has 0 bridgehead atoms. The van der Waals surface area contributed by atoms with Crippen molar-refractivity contribution in [3.63, 3.8) is 0 Å². The molecule has 0 aromatic heterocycles. The summed E-state index contributed by atoms with van der Waals surface area (Å²) in [6.07, 6.45) is 0.428. The zero-order valence-electron chi connectivity index (χ0n) is 8.22. The molecule has 1 N–H and O–H groups in total. The molecule has 1 aromatic rings. The van der Waals surface area contributed by atoms with Crippen molar-refractivity contribution in [2.45, 2.75) is 13.3 Å². The Hall–Kier alpha value is -1.02. The smallest absolute Gasteiger partial charge is 0.224 e. The number of hydrogen-bond acceptors (Lipinski definition) is 1. The van der Waals surface area contributed by atoms with Crippen LogP contribution >= 0.6 is 11.6 Å². The fraction of sp³-hybridized carbons (Fsp3) is 0.364. The Bertz CT molecular complexity index is 295. The van der Waals surface area contributed by atoms with Crippen molar-refractivity contribution in [3.05, 3.63) is 35.4 Å². The second kappa shape index (κ2) is 5.66. The van der Waals surface area contributed by atoms with Gasteiger partial charge in [0.1, 0.15) is 0 Å². The number of nitrogens with one attached hydrogen (secondary N) is 1. The first-order valence-electron chi connectivity index (χ1n) is 4.60. The zero-order chi connectivity index (χ0) is 10.4. The van der Waals surface area contributed by atoms with Crippen LogP contribution in [0, 0.1) is 6.92 Å². The summed E-state index contributed by atoms with van der Waals surface area (Å²) in [5, 5.41) is 2.72. The number of alkyl halides is 1. The van der Waals surface area contributed by atoms with Gasteiger partial charge in [0.15, 0.2) is 0 Å². The van der Waals surface area contributed by atoms with Crippen LogP contribution in [0.5, 0.6) is 0 Å². The van der Waals surface area contributed by atoms with Crippen LogP contribution in [-0.2, 0) is 11.2 Å². The van der Waals surface area contributed by atoms with Crippen molar-refractivity contribution in [2.75, 3.05) is 12.4 Å². The third-order valence-electron chi connectivity index (χ3n) is 1.90. The number of hydrogen-bond donors (Lipinski definition) is 1. The minimum absolute atomic E-state index is 0.0227. The molecule has 76 valence electrons. The van der Waals surface area contributed by atoms with Gasteiger partial charge in [-0.15, -0.1) is 11.6 Å². The van der Waals surface area contributed by atoms with E-state index in [4.69, 9.17) is 11.6 Å². The highest BCUT2D eigenvalue weighted by Crippen LogP contribution is 2.03. The maximum absolute atomic E-state index is 11.3. The lowest BCUT2D eigenvalue weighted by atomic mass is 10.1. The number of halogens is 1. The number of rotatable bonds is 4. The molecule has 0 radical (unpaired) electrons. The van der Waals surface area contributed by atoms with Gasteiger partial charge >= 0.3 is 0 Å². The standard InChI is InChI=1S/C11H14ClNO/c1-9-2-4-10(5-3-9)8-11(14)13-7-6-12/h2-5H,6-8H2,1H3,(H,13,14). The predicted octanol–water partition coefficient (Wildman–Crippen LogP) is 1.89. The number of benzene rings is 1. The summed E-state index contributed by atoms with van der Waals surface area (Å²) in [4.78, 5) is 11.3. The molecule has 0 aliphatic carbocycles. The minimum Gasteiger partial charge on any atom is -0.355 e. The Labute approximate surface area is 89.3 Å². The van der Waals surface area contributed by atoms with Crippen LogP contribution in [0.15, 0.2) is 24.3 Å². The van der Waals surface area contributed by atoms with Crippen LogP contribution in [-0.4, -0.2) is 18.3 Å². The molecule has 1 rings (SSSR count). The van der Waals surface area contributed by atoms with Crippen molar-refractivity contribution in [1.29, 1.82) is 0 Å². The highest BCUT2D eigenvalue weighted by molar-refractivity contribution is 6.18. The average Bonchev–Trinajstić information content (AvgIpc) is 2.18. The molecule has 0 heterocycles. The summed E-state index contributed by atoms with van der Waals surface area (Å²) in [6, 6.07) is 7.94. The van der Waals surface area contributed by atoms with Gasteiger partial charge in [-0.2, -0.15) is 0 Å². The van der Waals surface area contributed by atoms with Crippen molar-refractivity contribution in [3.8, 4) is 0 Å². The summed E-state index contributed by atoms with van der Waals surface area (Å²) < 4.78 is 0. The van der Waals surface area contributed by atoms with Crippen LogP contribution < -0.4 is 5.32 Å². The second-order valence-corrected chi connectivity index (χ2v) is 3.58. The molecule has 3 heteroatoms. The number of amides is 1. The van der Waals surface area contributed by atoms with Crippen LogP contribution in [0.4, 0.5) is 0 Å². The van der Waals surface area contributed by atoms with E-state index >= 15 is 0 Å². The molecular formula is C11H14ClNO. The highest BCUT2D eigenvalue weighted by Gasteiger charge is 2.01. The van der Waals surface area contributed by atoms with Crippen LogP contribution in [0.25, 0.3) is 0 Å². The van der Waals surface area contributed by atoms with Gasteiger partial charge in [-0.05, 0) is 12.5 Å². The van der Waals surface area contributed by atoms with E-state index in [-0.39, 0.29) is 5.91 Å². The van der Waals surface area contributed by atoms with E-state index in [0.717, 1.165) is 5.56 Å². The molecule has 0 saturated heterocycles. The predicted molar refractivity (Wildman–Crippen MR) is 58.6 cm³/mol. The average molecular weight is 212 g/mol. The van der Waals surface area contributed by atoms with Gasteiger partial charge in [0.25, 0.3) is 0 Å². The van der Waals surface area contributed by atoms with E-state index in [0.29, 0.717) is 18.8 Å². The Kier molecular flexibility index (Phi) is 4.47. The summed E-state index contributed by atoms with van der Waals surface area (Å²) in [5.74, 6) is 0.481. The van der Waals surface area contributed by atoms with Gasteiger partial charge in [0.05, 0.1) is 6.42 Å². The minimum atomic E-state index is 0.0227. The topological polar surface area (TPSA) is 29.1 Å². The van der Waals surface area contributed by atoms with Gasteiger partial charge in [0, 0.05) is 12.4 Å². The van der Waals surface area contributed by atoms with Crippen molar-refractivity contribution >= 4 is 17.5 Å². The molecule has 1 amide bonds. The molecule has 0 fully saturated rings. The maximum atomic E-state index is 11.3. The molecule has 2 nitrogen and oxygen atoms in total. The highest BCUT2D eigenvalue weighted by atomic mass is 35.5. The van der Waals surface area contributed by atoms with E-state index in [9.17, 15) is 4.79 Å². The van der Waals surface area contributed by atoms with Crippen molar-refractivity contribution in [1.82, 2.24) is 5.32 Å². The number of carbonyl (C=O) groups excluding carboxylic acids is 1. The Balaban J connectivity index is 2.44. The van der Waals surface area contributed by atoms with E-state index in [2.05, 4.69) is 5.32 Å². The van der Waals surface area contributed by atoms with Crippen LogP contribution in [0.3, 0.4) is 0 Å².